The molecule has 0 aliphatic carbocycles. The number of hydrogen-bond donors (Lipinski definition) is 2. The van der Waals surface area contributed by atoms with Crippen molar-refractivity contribution in [2.24, 2.45) is 5.73 Å². The first kappa shape index (κ1) is 15.5. The van der Waals surface area contributed by atoms with Crippen molar-refractivity contribution >= 4 is 29.3 Å². The minimum absolute atomic E-state index is 0.00216. The molecule has 0 unspecified atom stereocenters. The fourth-order valence-electron chi connectivity index (χ4n) is 1.36. The van der Waals surface area contributed by atoms with Crippen LogP contribution >= 0.6 is 12.2 Å². The van der Waals surface area contributed by atoms with Crippen LogP contribution in [-0.4, -0.2) is 29.8 Å². The summed E-state index contributed by atoms with van der Waals surface area (Å²) in [4.78, 5) is 10.5. The highest BCUT2D eigenvalue weighted by Crippen LogP contribution is 2.28. The van der Waals surface area contributed by atoms with Crippen LogP contribution in [0.15, 0.2) is 23.8 Å². The number of nitriles is 1. The fourth-order valence-corrected chi connectivity index (χ4v) is 1.46. The number of aliphatic carboxylic acids is 1. The molecule has 20 heavy (non-hydrogen) atoms. The number of thiocarbonyl (C=S) groups is 1. The minimum atomic E-state index is -1.09. The molecule has 0 saturated heterocycles. The number of ether oxygens (including phenoxy) is 2. The van der Waals surface area contributed by atoms with E-state index in [1.807, 2.05) is 6.07 Å². The van der Waals surface area contributed by atoms with Gasteiger partial charge in [0.15, 0.2) is 18.1 Å². The maximum atomic E-state index is 10.5. The summed E-state index contributed by atoms with van der Waals surface area (Å²) < 4.78 is 10.2. The molecule has 0 heterocycles. The van der Waals surface area contributed by atoms with Gasteiger partial charge in [0.25, 0.3) is 0 Å². The van der Waals surface area contributed by atoms with Crippen molar-refractivity contribution in [3.05, 3.63) is 29.3 Å². The van der Waals surface area contributed by atoms with Gasteiger partial charge in [-0.2, -0.15) is 5.26 Å². The lowest BCUT2D eigenvalue weighted by atomic mass is 10.1. The van der Waals surface area contributed by atoms with Gasteiger partial charge in [-0.3, -0.25) is 0 Å². The Morgan fingerprint density at radius 3 is 2.75 bits per heavy atom. The standard InChI is InChI=1S/C13H12N2O4S/c1-18-11-5-8(4-9(6-14)13(15)20)2-3-10(11)19-7-12(16)17/h2-5H,7H2,1H3,(H2,15,20)(H,16,17). The Labute approximate surface area is 121 Å². The Bertz CT molecular complexity index is 605. The molecule has 1 rings (SSSR count). The Morgan fingerprint density at radius 1 is 1.55 bits per heavy atom. The van der Waals surface area contributed by atoms with Crippen LogP contribution < -0.4 is 15.2 Å². The first-order valence-corrected chi connectivity index (χ1v) is 5.83. The number of methoxy groups -OCH3 is 1. The molecule has 0 aliphatic rings. The number of carbonyl (C=O) groups is 1. The van der Waals surface area contributed by atoms with Crippen molar-refractivity contribution in [1.82, 2.24) is 0 Å². The number of nitrogens with two attached hydrogens (primary N) is 1. The summed E-state index contributed by atoms with van der Waals surface area (Å²) in [6.07, 6.45) is 1.51. The average molecular weight is 292 g/mol. The molecule has 0 amide bonds. The van der Waals surface area contributed by atoms with Crippen LogP contribution in [0.3, 0.4) is 0 Å². The van der Waals surface area contributed by atoms with Gasteiger partial charge < -0.3 is 20.3 Å². The Balaban J connectivity index is 3.07. The topological polar surface area (TPSA) is 106 Å². The molecule has 1 aromatic carbocycles. The van der Waals surface area contributed by atoms with Gasteiger partial charge in [-0.05, 0) is 23.8 Å². The molecule has 0 atom stereocenters. The van der Waals surface area contributed by atoms with Crippen molar-refractivity contribution in [2.45, 2.75) is 0 Å². The average Bonchev–Trinajstić information content (AvgIpc) is 2.42. The molecule has 0 saturated carbocycles. The molecule has 1 aromatic rings. The monoisotopic (exact) mass is 292 g/mol. The third kappa shape index (κ3) is 4.26. The van der Waals surface area contributed by atoms with E-state index in [1.165, 1.54) is 13.2 Å². The molecule has 0 aromatic heterocycles. The predicted octanol–water partition coefficient (Wildman–Crippen LogP) is 1.35. The number of hydrogen-bond acceptors (Lipinski definition) is 5. The van der Waals surface area contributed by atoms with Gasteiger partial charge in [0.2, 0.25) is 0 Å². The number of rotatable bonds is 6. The Kier molecular flexibility index (Phi) is 5.50. The Hall–Kier alpha value is -2.59. The third-order valence-electron chi connectivity index (χ3n) is 2.24. The second-order valence-corrected chi connectivity index (χ2v) is 4.07. The first-order chi connectivity index (χ1) is 9.47. The highest BCUT2D eigenvalue weighted by molar-refractivity contribution is 7.80. The van der Waals surface area contributed by atoms with E-state index in [0.29, 0.717) is 17.1 Å². The van der Waals surface area contributed by atoms with Crippen molar-refractivity contribution in [2.75, 3.05) is 13.7 Å². The van der Waals surface area contributed by atoms with E-state index >= 15 is 0 Å². The van der Waals surface area contributed by atoms with Crippen molar-refractivity contribution in [3.8, 4) is 17.6 Å². The largest absolute Gasteiger partial charge is 0.493 e. The molecular weight excluding hydrogens is 280 g/mol. The van der Waals surface area contributed by atoms with Crippen LogP contribution in [0.2, 0.25) is 0 Å². The van der Waals surface area contributed by atoms with Crippen molar-refractivity contribution in [1.29, 1.82) is 5.26 Å². The van der Waals surface area contributed by atoms with Crippen molar-refractivity contribution in [3.63, 3.8) is 0 Å². The lowest BCUT2D eigenvalue weighted by Gasteiger charge is -2.09. The van der Waals surface area contributed by atoms with Gasteiger partial charge in [-0.25, -0.2) is 4.79 Å². The van der Waals surface area contributed by atoms with Gasteiger partial charge >= 0.3 is 5.97 Å². The van der Waals surface area contributed by atoms with E-state index in [2.05, 4.69) is 0 Å². The summed E-state index contributed by atoms with van der Waals surface area (Å²) in [5.74, 6) is -0.447. The quantitative estimate of drug-likeness (QED) is 0.463. The SMILES string of the molecule is COc1cc(C=C(C#N)C(N)=S)ccc1OCC(=O)O. The van der Waals surface area contributed by atoms with Crippen LogP contribution in [0, 0.1) is 11.3 Å². The predicted molar refractivity (Wildman–Crippen MR) is 76.5 cm³/mol. The summed E-state index contributed by atoms with van der Waals surface area (Å²) in [7, 11) is 1.43. The molecular formula is C13H12N2O4S. The van der Waals surface area contributed by atoms with Crippen LogP contribution in [0.25, 0.3) is 6.08 Å². The molecule has 0 spiro atoms. The zero-order valence-electron chi connectivity index (χ0n) is 10.6. The normalized spacial score (nSPS) is 10.5. The van der Waals surface area contributed by atoms with E-state index in [4.69, 9.17) is 37.8 Å². The fraction of sp³-hybridized carbons (Fsp3) is 0.154. The Morgan fingerprint density at radius 2 is 2.25 bits per heavy atom. The van der Waals surface area contributed by atoms with Gasteiger partial charge in [-0.15, -0.1) is 0 Å². The van der Waals surface area contributed by atoms with Gasteiger partial charge in [0, 0.05) is 0 Å². The molecule has 7 heteroatoms. The van der Waals surface area contributed by atoms with Gasteiger partial charge in [-0.1, -0.05) is 18.3 Å². The van der Waals surface area contributed by atoms with Crippen LogP contribution in [0.4, 0.5) is 0 Å². The molecule has 6 nitrogen and oxygen atoms in total. The number of carboxylic acid groups (broad SMARTS) is 1. The number of benzene rings is 1. The summed E-state index contributed by atoms with van der Waals surface area (Å²) in [6.45, 7) is -0.470. The van der Waals surface area contributed by atoms with Crippen LogP contribution in [-0.2, 0) is 4.79 Å². The molecule has 3 N–H and O–H groups in total. The van der Waals surface area contributed by atoms with Gasteiger partial charge in [0.1, 0.15) is 11.1 Å². The highest BCUT2D eigenvalue weighted by atomic mass is 32.1. The maximum Gasteiger partial charge on any atom is 0.341 e. The summed E-state index contributed by atoms with van der Waals surface area (Å²) in [5.41, 5.74) is 6.20. The molecule has 0 fully saturated rings. The maximum absolute atomic E-state index is 10.5. The van der Waals surface area contributed by atoms with Crippen LogP contribution in [0.5, 0.6) is 11.5 Å². The van der Waals surface area contributed by atoms with E-state index < -0.39 is 12.6 Å². The van der Waals surface area contributed by atoms with E-state index in [1.54, 1.807) is 18.2 Å². The van der Waals surface area contributed by atoms with Gasteiger partial charge in [0.05, 0.1) is 12.7 Å². The van der Waals surface area contributed by atoms with Crippen molar-refractivity contribution < 1.29 is 19.4 Å². The number of nitrogens with zero attached hydrogens (tertiary/aromatic N) is 1. The first-order valence-electron chi connectivity index (χ1n) is 5.42. The zero-order chi connectivity index (χ0) is 15.1. The molecule has 104 valence electrons. The van der Waals surface area contributed by atoms with E-state index in [0.717, 1.165) is 0 Å². The lowest BCUT2D eigenvalue weighted by Crippen LogP contribution is -2.10. The second kappa shape index (κ2) is 7.11. The van der Waals surface area contributed by atoms with E-state index in [9.17, 15) is 4.79 Å². The summed E-state index contributed by atoms with van der Waals surface area (Å²) >= 11 is 4.74. The highest BCUT2D eigenvalue weighted by Gasteiger charge is 2.08. The number of carboxylic acids is 1. The molecule has 0 radical (unpaired) electrons. The minimum Gasteiger partial charge on any atom is -0.493 e. The van der Waals surface area contributed by atoms with E-state index in [-0.39, 0.29) is 10.6 Å². The smallest absolute Gasteiger partial charge is 0.341 e. The lowest BCUT2D eigenvalue weighted by molar-refractivity contribution is -0.139. The molecule has 0 aliphatic heterocycles. The zero-order valence-corrected chi connectivity index (χ0v) is 11.4. The summed E-state index contributed by atoms with van der Waals surface area (Å²) in [5, 5.41) is 17.4. The third-order valence-corrected chi connectivity index (χ3v) is 2.46. The molecule has 0 bridgehead atoms. The summed E-state index contributed by atoms with van der Waals surface area (Å²) in [6, 6.07) is 6.66. The van der Waals surface area contributed by atoms with Crippen LogP contribution in [0.1, 0.15) is 5.56 Å². The second-order valence-electron chi connectivity index (χ2n) is 3.63.